The fraction of sp³-hybridized carbons (Fsp3) is 1.00. The van der Waals surface area contributed by atoms with Gasteiger partial charge in [0.2, 0.25) is 0 Å². The van der Waals surface area contributed by atoms with E-state index in [-0.39, 0.29) is 0 Å². The Labute approximate surface area is 75.5 Å². The van der Waals surface area contributed by atoms with E-state index in [1.807, 2.05) is 0 Å². The lowest BCUT2D eigenvalue weighted by atomic mass is 10.00. The molecular formula is C10H20N2. The van der Waals surface area contributed by atoms with Crippen molar-refractivity contribution in [2.45, 2.75) is 38.8 Å². The average Bonchev–Trinajstić information content (AvgIpc) is 2.04. The molecular weight excluding hydrogens is 148 g/mol. The summed E-state index contributed by atoms with van der Waals surface area (Å²) >= 11 is 0. The molecule has 2 bridgehead atoms. The first kappa shape index (κ1) is 8.52. The quantitative estimate of drug-likeness (QED) is 0.580. The van der Waals surface area contributed by atoms with Gasteiger partial charge in [0.25, 0.3) is 0 Å². The molecule has 2 heterocycles. The van der Waals surface area contributed by atoms with Crippen LogP contribution >= 0.6 is 0 Å². The molecule has 2 unspecified atom stereocenters. The summed E-state index contributed by atoms with van der Waals surface area (Å²) in [6.45, 7) is 9.92. The third kappa shape index (κ3) is 1.50. The molecule has 0 spiro atoms. The molecule has 2 nitrogen and oxygen atoms in total. The van der Waals surface area contributed by atoms with Crippen LogP contribution in [0.2, 0.25) is 0 Å². The molecule has 0 amide bonds. The molecule has 2 rings (SSSR count). The van der Waals surface area contributed by atoms with Crippen LogP contribution in [0.3, 0.4) is 0 Å². The van der Waals surface area contributed by atoms with Crippen molar-refractivity contribution in [2.24, 2.45) is 0 Å². The number of piperazine rings is 1. The number of fused-ring (bicyclic) bond motifs is 2. The Bertz CT molecular complexity index is 156. The normalized spacial score (nSPS) is 37.2. The van der Waals surface area contributed by atoms with E-state index in [1.54, 1.807) is 0 Å². The van der Waals surface area contributed by atoms with Gasteiger partial charge >= 0.3 is 0 Å². The summed E-state index contributed by atoms with van der Waals surface area (Å²) < 4.78 is 0. The van der Waals surface area contributed by atoms with Crippen molar-refractivity contribution in [2.75, 3.05) is 26.2 Å². The summed E-state index contributed by atoms with van der Waals surface area (Å²) in [5, 5.41) is 0. The van der Waals surface area contributed by atoms with Crippen LogP contribution in [0.15, 0.2) is 0 Å². The molecule has 2 heteroatoms. The van der Waals surface area contributed by atoms with E-state index in [0.717, 1.165) is 12.1 Å². The molecule has 0 N–H and O–H groups in total. The Hall–Kier alpha value is -0.0800. The molecule has 2 atom stereocenters. The fourth-order valence-corrected chi connectivity index (χ4v) is 2.62. The van der Waals surface area contributed by atoms with Crippen LogP contribution < -0.4 is 0 Å². The molecule has 12 heavy (non-hydrogen) atoms. The maximum atomic E-state index is 2.68. The van der Waals surface area contributed by atoms with Gasteiger partial charge in [0, 0.05) is 31.7 Å². The van der Waals surface area contributed by atoms with E-state index in [2.05, 4.69) is 23.6 Å². The van der Waals surface area contributed by atoms with Crippen molar-refractivity contribution in [3.63, 3.8) is 0 Å². The van der Waals surface area contributed by atoms with Gasteiger partial charge in [0.05, 0.1) is 0 Å². The maximum Gasteiger partial charge on any atom is 0.0226 e. The van der Waals surface area contributed by atoms with Gasteiger partial charge in [-0.1, -0.05) is 0 Å². The highest BCUT2D eigenvalue weighted by atomic mass is 15.3. The molecule has 0 radical (unpaired) electrons. The Morgan fingerprint density at radius 3 is 2.75 bits per heavy atom. The molecule has 2 aliphatic rings. The van der Waals surface area contributed by atoms with E-state index in [4.69, 9.17) is 0 Å². The lowest BCUT2D eigenvalue weighted by molar-refractivity contribution is 0.0204. The van der Waals surface area contributed by atoms with Crippen LogP contribution in [0.4, 0.5) is 0 Å². The summed E-state index contributed by atoms with van der Waals surface area (Å²) in [6.07, 6.45) is 2.84. The molecule has 0 aliphatic carbocycles. The lowest BCUT2D eigenvalue weighted by Crippen LogP contribution is -2.57. The summed E-state index contributed by atoms with van der Waals surface area (Å²) in [5.74, 6) is 0. The van der Waals surface area contributed by atoms with Crippen LogP contribution in [-0.4, -0.2) is 48.1 Å². The summed E-state index contributed by atoms with van der Waals surface area (Å²) in [4.78, 5) is 5.29. The zero-order chi connectivity index (χ0) is 8.55. The van der Waals surface area contributed by atoms with Crippen molar-refractivity contribution in [1.82, 2.24) is 9.80 Å². The number of nitrogens with zero attached hydrogens (tertiary/aromatic N) is 2. The van der Waals surface area contributed by atoms with Crippen LogP contribution in [0.5, 0.6) is 0 Å². The molecule has 70 valence electrons. The summed E-state index contributed by atoms with van der Waals surface area (Å²) in [6, 6.07) is 1.61. The largest absolute Gasteiger partial charge is 0.301 e. The monoisotopic (exact) mass is 168 g/mol. The van der Waals surface area contributed by atoms with Gasteiger partial charge in [0.15, 0.2) is 0 Å². The van der Waals surface area contributed by atoms with Crippen molar-refractivity contribution in [3.05, 3.63) is 0 Å². The van der Waals surface area contributed by atoms with Crippen molar-refractivity contribution >= 4 is 0 Å². The molecule has 0 aromatic rings. The third-order valence-corrected chi connectivity index (χ3v) is 3.29. The van der Waals surface area contributed by atoms with Gasteiger partial charge in [-0.25, -0.2) is 0 Å². The first-order valence-electron chi connectivity index (χ1n) is 5.25. The predicted molar refractivity (Wildman–Crippen MR) is 51.3 cm³/mol. The SMILES string of the molecule is CC(C)N1CCN2CCCC1C2. The summed E-state index contributed by atoms with van der Waals surface area (Å²) in [7, 11) is 0. The van der Waals surface area contributed by atoms with Crippen LogP contribution in [0, 0.1) is 0 Å². The van der Waals surface area contributed by atoms with Gasteiger partial charge in [-0.3, -0.25) is 4.90 Å². The molecule has 0 saturated carbocycles. The van der Waals surface area contributed by atoms with Gasteiger partial charge in [-0.15, -0.1) is 0 Å². The minimum absolute atomic E-state index is 0.746. The van der Waals surface area contributed by atoms with E-state index in [9.17, 15) is 0 Å². The number of rotatable bonds is 1. The van der Waals surface area contributed by atoms with E-state index < -0.39 is 0 Å². The smallest absolute Gasteiger partial charge is 0.0226 e. The number of piperidine rings is 1. The first-order chi connectivity index (χ1) is 5.77. The number of hydrogen-bond donors (Lipinski definition) is 0. The van der Waals surface area contributed by atoms with Crippen molar-refractivity contribution in [3.8, 4) is 0 Å². The molecule has 2 saturated heterocycles. The number of hydrogen-bond acceptors (Lipinski definition) is 2. The van der Waals surface area contributed by atoms with Crippen molar-refractivity contribution in [1.29, 1.82) is 0 Å². The molecule has 2 fully saturated rings. The first-order valence-corrected chi connectivity index (χ1v) is 5.25. The zero-order valence-electron chi connectivity index (χ0n) is 8.29. The van der Waals surface area contributed by atoms with E-state index in [0.29, 0.717) is 0 Å². The van der Waals surface area contributed by atoms with Gasteiger partial charge in [0.1, 0.15) is 0 Å². The average molecular weight is 168 g/mol. The fourth-order valence-electron chi connectivity index (χ4n) is 2.62. The maximum absolute atomic E-state index is 2.68. The predicted octanol–water partition coefficient (Wildman–Crippen LogP) is 1.17. The Balaban J connectivity index is 1.99. The van der Waals surface area contributed by atoms with E-state index in [1.165, 1.54) is 39.0 Å². The van der Waals surface area contributed by atoms with Crippen LogP contribution in [0.25, 0.3) is 0 Å². The highest BCUT2D eigenvalue weighted by Crippen LogP contribution is 2.21. The second-order valence-corrected chi connectivity index (χ2v) is 4.43. The second kappa shape index (κ2) is 3.35. The Morgan fingerprint density at radius 2 is 2.00 bits per heavy atom. The summed E-state index contributed by atoms with van der Waals surface area (Å²) in [5.41, 5.74) is 0. The van der Waals surface area contributed by atoms with Gasteiger partial charge in [-0.2, -0.15) is 0 Å². The van der Waals surface area contributed by atoms with Crippen LogP contribution in [-0.2, 0) is 0 Å². The van der Waals surface area contributed by atoms with Crippen molar-refractivity contribution < 1.29 is 0 Å². The third-order valence-electron chi connectivity index (χ3n) is 3.29. The van der Waals surface area contributed by atoms with Crippen LogP contribution in [0.1, 0.15) is 26.7 Å². The second-order valence-electron chi connectivity index (χ2n) is 4.43. The minimum Gasteiger partial charge on any atom is -0.301 e. The minimum atomic E-state index is 0.746. The highest BCUT2D eigenvalue weighted by molar-refractivity contribution is 4.87. The topological polar surface area (TPSA) is 6.48 Å². The Kier molecular flexibility index (Phi) is 2.37. The lowest BCUT2D eigenvalue weighted by Gasteiger charge is -2.46. The molecule has 0 aromatic heterocycles. The molecule has 2 aliphatic heterocycles. The zero-order valence-corrected chi connectivity index (χ0v) is 8.29. The molecule has 0 aromatic carbocycles. The Morgan fingerprint density at radius 1 is 1.17 bits per heavy atom. The van der Waals surface area contributed by atoms with E-state index >= 15 is 0 Å². The standard InChI is InChI=1S/C10H20N2/c1-9(2)12-7-6-11-5-3-4-10(12)8-11/h9-10H,3-8H2,1-2H3. The van der Waals surface area contributed by atoms with Gasteiger partial charge in [-0.05, 0) is 33.2 Å². The van der Waals surface area contributed by atoms with Gasteiger partial charge < -0.3 is 4.90 Å². The highest BCUT2D eigenvalue weighted by Gasteiger charge is 2.30.